The lowest BCUT2D eigenvalue weighted by atomic mass is 10.0. The predicted octanol–water partition coefficient (Wildman–Crippen LogP) is 5.78. The van der Waals surface area contributed by atoms with Crippen molar-refractivity contribution in [3.05, 3.63) is 58.4 Å². The van der Waals surface area contributed by atoms with E-state index in [-0.39, 0.29) is 28.5 Å². The third-order valence-electron chi connectivity index (χ3n) is 7.38. The Morgan fingerprint density at radius 3 is 2.59 bits per heavy atom. The number of hydrogen-bond acceptors (Lipinski definition) is 5. The highest BCUT2D eigenvalue weighted by Crippen LogP contribution is 2.42. The van der Waals surface area contributed by atoms with Crippen LogP contribution < -0.4 is 0 Å². The van der Waals surface area contributed by atoms with E-state index in [0.29, 0.717) is 28.6 Å². The van der Waals surface area contributed by atoms with Gasteiger partial charge in [-0.15, -0.1) is 10.2 Å². The Morgan fingerprint density at radius 2 is 1.86 bits per heavy atom. The maximum absolute atomic E-state index is 13.6. The van der Waals surface area contributed by atoms with Crippen LogP contribution in [0, 0.1) is 5.82 Å². The van der Waals surface area contributed by atoms with E-state index in [1.54, 1.807) is 19.1 Å². The van der Waals surface area contributed by atoms with Crippen LogP contribution in [0.2, 0.25) is 5.02 Å². The summed E-state index contributed by atoms with van der Waals surface area (Å²) in [4.78, 5) is 33.3. The zero-order valence-corrected chi connectivity index (χ0v) is 21.3. The van der Waals surface area contributed by atoms with Gasteiger partial charge < -0.3 is 19.9 Å². The first kappa shape index (κ1) is 25.4. The van der Waals surface area contributed by atoms with Crippen LogP contribution in [0.15, 0.2) is 46.6 Å². The summed E-state index contributed by atoms with van der Waals surface area (Å²) in [6.45, 7) is 5.32. The molecule has 2 aromatic carbocycles. The molecule has 3 heterocycles. The molecule has 0 bridgehead atoms. The average Bonchev–Trinajstić information content (AvgIpc) is 3.63. The number of carbonyl (C=O) groups excluding carboxylic acids is 2. The molecule has 8 nitrogen and oxygen atoms in total. The third kappa shape index (κ3) is 5.10. The van der Waals surface area contributed by atoms with Crippen molar-refractivity contribution in [1.29, 1.82) is 0 Å². The van der Waals surface area contributed by atoms with Gasteiger partial charge in [-0.1, -0.05) is 23.7 Å². The maximum Gasteiger partial charge on any atom is 0.271 e. The molecule has 0 radical (unpaired) electrons. The molecule has 0 aliphatic carbocycles. The van der Waals surface area contributed by atoms with E-state index in [9.17, 15) is 19.1 Å². The number of azo groups is 1. The van der Waals surface area contributed by atoms with Gasteiger partial charge in [0.2, 0.25) is 5.88 Å². The van der Waals surface area contributed by atoms with Crippen molar-refractivity contribution in [3.63, 3.8) is 0 Å². The summed E-state index contributed by atoms with van der Waals surface area (Å²) >= 11 is 6.73. The number of rotatable bonds is 6. The molecule has 2 saturated heterocycles. The Hall–Kier alpha value is -3.30. The normalized spacial score (nSPS) is 19.3. The zero-order chi connectivity index (χ0) is 26.1. The molecule has 2 fully saturated rings. The van der Waals surface area contributed by atoms with Crippen LogP contribution in [-0.4, -0.2) is 63.9 Å². The number of nitrogens with zero attached hydrogens (tertiary/aromatic N) is 4. The van der Waals surface area contributed by atoms with Gasteiger partial charge in [-0.05, 0) is 75.5 Å². The summed E-state index contributed by atoms with van der Waals surface area (Å²) in [5, 5.41) is 18.8. The minimum absolute atomic E-state index is 0.00987. The Bertz CT molecular complexity index is 1350. The van der Waals surface area contributed by atoms with Crippen molar-refractivity contribution >= 4 is 40.0 Å². The minimum Gasteiger partial charge on any atom is -0.493 e. The molecule has 0 spiro atoms. The molecule has 0 saturated carbocycles. The second kappa shape index (κ2) is 10.6. The van der Waals surface area contributed by atoms with Gasteiger partial charge in [-0.2, -0.15) is 0 Å². The molecule has 10 heteroatoms. The van der Waals surface area contributed by atoms with Gasteiger partial charge in [0.25, 0.3) is 11.8 Å². The van der Waals surface area contributed by atoms with E-state index in [2.05, 4.69) is 20.1 Å². The summed E-state index contributed by atoms with van der Waals surface area (Å²) in [6, 6.07) is 9.04. The van der Waals surface area contributed by atoms with Crippen LogP contribution >= 0.6 is 11.6 Å². The summed E-state index contributed by atoms with van der Waals surface area (Å²) in [5.74, 6) is -2.08. The first-order chi connectivity index (χ1) is 17.8. The number of hydrogen-bond donors (Lipinski definition) is 2. The molecule has 5 rings (SSSR count). The first-order valence-corrected chi connectivity index (χ1v) is 13.0. The van der Waals surface area contributed by atoms with Crippen LogP contribution in [0.1, 0.15) is 54.4 Å². The van der Waals surface area contributed by atoms with Gasteiger partial charge in [-0.25, -0.2) is 4.39 Å². The summed E-state index contributed by atoms with van der Waals surface area (Å²) in [7, 11) is 0. The predicted molar refractivity (Wildman–Crippen MR) is 139 cm³/mol. The van der Waals surface area contributed by atoms with Crippen LogP contribution in [0.5, 0.6) is 5.88 Å². The van der Waals surface area contributed by atoms with E-state index in [0.717, 1.165) is 32.5 Å². The molecule has 2 aliphatic heterocycles. The maximum atomic E-state index is 13.6. The van der Waals surface area contributed by atoms with Crippen LogP contribution in [-0.2, 0) is 4.79 Å². The molecule has 2 aliphatic rings. The second-order valence-electron chi connectivity index (χ2n) is 9.79. The standard InChI is InChI=1S/C27H29ClFN5O3/c1-16(17-6-8-18(29)9-7-17)25(35)32-31-24-22-21(30-26(24)36)11-10-20(23(22)28)27(37)34-14-4-5-19(34)15-33-12-2-3-13-33/h6-11,16,19,30,36H,2-5,12-15H2,1H3. The van der Waals surface area contributed by atoms with Crippen LogP contribution in [0.3, 0.4) is 0 Å². The smallest absolute Gasteiger partial charge is 0.271 e. The molecular formula is C27H29ClFN5O3. The third-order valence-corrected chi connectivity index (χ3v) is 7.77. The number of nitrogens with one attached hydrogen (secondary N) is 1. The van der Waals surface area contributed by atoms with Crippen LogP contribution in [0.25, 0.3) is 10.9 Å². The van der Waals surface area contributed by atoms with Crippen molar-refractivity contribution in [2.24, 2.45) is 10.2 Å². The molecule has 2 unspecified atom stereocenters. The fourth-order valence-corrected chi connectivity index (χ4v) is 5.61. The quantitative estimate of drug-likeness (QED) is 0.398. The Balaban J connectivity index is 1.40. The lowest BCUT2D eigenvalue weighted by molar-refractivity contribution is -0.119. The summed E-state index contributed by atoms with van der Waals surface area (Å²) in [6.07, 6.45) is 4.30. The topological polar surface area (TPSA) is 101 Å². The fourth-order valence-electron chi connectivity index (χ4n) is 5.27. The van der Waals surface area contributed by atoms with E-state index in [1.807, 2.05) is 4.90 Å². The number of likely N-dealkylation sites (tertiary alicyclic amines) is 2. The molecular weight excluding hydrogens is 497 g/mol. The van der Waals surface area contributed by atoms with E-state index in [1.165, 1.54) is 37.1 Å². The second-order valence-corrected chi connectivity index (χ2v) is 10.2. The van der Waals surface area contributed by atoms with Gasteiger partial charge >= 0.3 is 0 Å². The lowest BCUT2D eigenvalue weighted by Crippen LogP contribution is -2.42. The highest BCUT2D eigenvalue weighted by atomic mass is 35.5. The zero-order valence-electron chi connectivity index (χ0n) is 20.6. The summed E-state index contributed by atoms with van der Waals surface area (Å²) < 4.78 is 13.2. The van der Waals surface area contributed by atoms with E-state index < -0.39 is 17.6 Å². The number of aromatic amines is 1. The lowest BCUT2D eigenvalue weighted by Gasteiger charge is -2.29. The number of benzene rings is 2. The van der Waals surface area contributed by atoms with Gasteiger partial charge in [0.15, 0.2) is 5.69 Å². The molecule has 1 aromatic heterocycles. The number of amides is 2. The van der Waals surface area contributed by atoms with Gasteiger partial charge in [0.1, 0.15) is 5.82 Å². The highest BCUT2D eigenvalue weighted by molar-refractivity contribution is 6.39. The van der Waals surface area contributed by atoms with E-state index in [4.69, 9.17) is 11.6 Å². The molecule has 2 amide bonds. The minimum atomic E-state index is -0.660. The number of aromatic nitrogens is 1. The number of H-pyrrole nitrogens is 1. The van der Waals surface area contributed by atoms with Crippen molar-refractivity contribution in [3.8, 4) is 5.88 Å². The van der Waals surface area contributed by atoms with Gasteiger partial charge in [0, 0.05) is 19.1 Å². The fraction of sp³-hybridized carbons (Fsp3) is 0.407. The van der Waals surface area contributed by atoms with Crippen molar-refractivity contribution in [1.82, 2.24) is 14.8 Å². The number of fused-ring (bicyclic) bond motifs is 1. The van der Waals surface area contributed by atoms with E-state index >= 15 is 0 Å². The van der Waals surface area contributed by atoms with Crippen molar-refractivity contribution < 1.29 is 19.1 Å². The molecule has 2 atom stereocenters. The SMILES string of the molecule is CC(C(=O)N=Nc1c(O)[nH]c2ccc(C(=O)N3CCCC3CN3CCCC3)c(Cl)c12)c1ccc(F)cc1. The number of halogens is 2. The molecule has 3 aromatic rings. The molecule has 37 heavy (non-hydrogen) atoms. The van der Waals surface area contributed by atoms with Crippen molar-refractivity contribution in [2.45, 2.75) is 44.6 Å². The van der Waals surface area contributed by atoms with Gasteiger partial charge in [-0.3, -0.25) is 9.59 Å². The molecule has 194 valence electrons. The number of aromatic hydroxyl groups is 1. The first-order valence-electron chi connectivity index (χ1n) is 12.6. The average molecular weight is 526 g/mol. The van der Waals surface area contributed by atoms with Crippen molar-refractivity contribution in [2.75, 3.05) is 26.2 Å². The highest BCUT2D eigenvalue weighted by Gasteiger charge is 2.33. The summed E-state index contributed by atoms with van der Waals surface area (Å²) in [5.41, 5.74) is 1.38. The number of carbonyl (C=O) groups is 2. The molecule has 2 N–H and O–H groups in total. The monoisotopic (exact) mass is 525 g/mol. The Labute approximate surface area is 219 Å². The Morgan fingerprint density at radius 1 is 1.14 bits per heavy atom. The largest absolute Gasteiger partial charge is 0.493 e. The van der Waals surface area contributed by atoms with Gasteiger partial charge in [0.05, 0.1) is 27.4 Å². The Kier molecular flexibility index (Phi) is 7.26. The van der Waals surface area contributed by atoms with Crippen LogP contribution in [0.4, 0.5) is 10.1 Å².